The van der Waals surface area contributed by atoms with E-state index in [4.69, 9.17) is 18.6 Å². The van der Waals surface area contributed by atoms with Crippen molar-refractivity contribution in [1.29, 1.82) is 0 Å². The van der Waals surface area contributed by atoms with Crippen LogP contribution in [0.1, 0.15) is 5.56 Å². The van der Waals surface area contributed by atoms with Crippen LogP contribution in [0, 0.1) is 0 Å². The summed E-state index contributed by atoms with van der Waals surface area (Å²) >= 11 is 0. The first-order valence-corrected chi connectivity index (χ1v) is 12.8. The predicted molar refractivity (Wildman–Crippen MR) is 149 cm³/mol. The number of esters is 1. The molecule has 2 heterocycles. The second kappa shape index (κ2) is 12.0. The van der Waals surface area contributed by atoms with E-state index < -0.39 is 59.6 Å². The lowest BCUT2D eigenvalue weighted by Crippen LogP contribution is -2.62. The van der Waals surface area contributed by atoms with Crippen LogP contribution in [0.25, 0.3) is 28.4 Å². The summed E-state index contributed by atoms with van der Waals surface area (Å²) < 4.78 is 21.7. The third kappa shape index (κ3) is 6.12. The van der Waals surface area contributed by atoms with Gasteiger partial charge in [-0.3, -0.25) is 4.79 Å². The first-order chi connectivity index (χ1) is 20.9. The molecular formula is C30H24O14. The van der Waals surface area contributed by atoms with Gasteiger partial charge in [0.25, 0.3) is 0 Å². The number of rotatable bonds is 7. The van der Waals surface area contributed by atoms with Gasteiger partial charge in [0.1, 0.15) is 46.2 Å². The Morgan fingerprint density at radius 1 is 0.841 bits per heavy atom. The highest BCUT2D eigenvalue weighted by atomic mass is 16.7. The molecule has 14 heteroatoms. The minimum Gasteiger partial charge on any atom is -0.508 e. The molecule has 0 spiro atoms. The van der Waals surface area contributed by atoms with E-state index in [1.807, 2.05) is 0 Å². The summed E-state index contributed by atoms with van der Waals surface area (Å²) in [5.41, 5.74) is -0.0280. The monoisotopic (exact) mass is 608 g/mol. The molecule has 0 radical (unpaired) electrons. The Hall–Kier alpha value is -5.57. The number of fused-ring (bicyclic) bond motifs is 1. The Bertz CT molecular complexity index is 1810. The summed E-state index contributed by atoms with van der Waals surface area (Å²) in [6.07, 6.45) is -7.67. The molecule has 0 saturated carbocycles. The average molecular weight is 609 g/mol. The van der Waals surface area contributed by atoms with E-state index in [1.54, 1.807) is 0 Å². The van der Waals surface area contributed by atoms with Crippen LogP contribution in [0.4, 0.5) is 0 Å². The molecule has 1 fully saturated rings. The molecule has 0 aliphatic carbocycles. The lowest BCUT2D eigenvalue weighted by Gasteiger charge is -2.39. The third-order valence-electron chi connectivity index (χ3n) is 6.64. The highest BCUT2D eigenvalue weighted by Gasteiger charge is 2.51. The Morgan fingerprint density at radius 2 is 1.57 bits per heavy atom. The first kappa shape index (κ1) is 29.9. The fourth-order valence-electron chi connectivity index (χ4n) is 4.46. The molecule has 1 aliphatic heterocycles. The number of carbonyl (C=O) groups is 2. The van der Waals surface area contributed by atoms with Crippen LogP contribution in [0.15, 0.2) is 76.0 Å². The number of phenols is 4. The van der Waals surface area contributed by atoms with Gasteiger partial charge in [0.15, 0.2) is 29.1 Å². The number of aromatic hydroxyl groups is 4. The van der Waals surface area contributed by atoms with Crippen LogP contribution in [-0.2, 0) is 19.1 Å². The van der Waals surface area contributed by atoms with Crippen LogP contribution >= 0.6 is 0 Å². The molecule has 4 aromatic rings. The van der Waals surface area contributed by atoms with E-state index in [1.165, 1.54) is 48.5 Å². The summed E-state index contributed by atoms with van der Waals surface area (Å²) in [6, 6.07) is 12.8. The number of carbonyl (C=O) groups excluding carboxylic acids is 1. The van der Waals surface area contributed by atoms with Crippen molar-refractivity contribution in [3.8, 4) is 40.1 Å². The van der Waals surface area contributed by atoms with Gasteiger partial charge in [-0.2, -0.15) is 0 Å². The molecule has 0 amide bonds. The van der Waals surface area contributed by atoms with Crippen LogP contribution in [0.5, 0.6) is 28.7 Å². The number of hydrogen-bond donors (Lipinski definition) is 7. The first-order valence-electron chi connectivity index (χ1n) is 12.8. The maximum atomic E-state index is 12.7. The number of aliphatic hydroxyl groups excluding tert-OH is 2. The molecule has 3 aromatic carbocycles. The number of ether oxygens (including phenoxy) is 3. The number of aliphatic hydroxyl groups is 2. The molecular weight excluding hydrogens is 584 g/mol. The van der Waals surface area contributed by atoms with Crippen molar-refractivity contribution >= 4 is 29.0 Å². The second-order valence-corrected chi connectivity index (χ2v) is 9.68. The molecule has 14 nitrogen and oxygen atoms in total. The largest absolute Gasteiger partial charge is 0.508 e. The van der Waals surface area contributed by atoms with E-state index >= 15 is 0 Å². The Labute approximate surface area is 246 Å². The molecule has 0 unspecified atom stereocenters. The standard InChI is InChI=1S/C30H24O14/c31-15-5-3-14(4-6-15)21-12-20(35)24-19(34)10-16(11-22(24)42-21)41-30-26(38)25(37)27(28(44-30)29(39)40)43-23(36)8-2-13-1-7-17(32)18(33)9-13/h1-12,25-28,30-34,37-38H,(H,39,40)/t25-,26-,27-,28-,30-/m0/s1. The Kier molecular flexibility index (Phi) is 8.13. The maximum Gasteiger partial charge on any atom is 0.337 e. The molecule has 1 aromatic heterocycles. The predicted octanol–water partition coefficient (Wildman–Crippen LogP) is 1.82. The Morgan fingerprint density at radius 3 is 2.25 bits per heavy atom. The summed E-state index contributed by atoms with van der Waals surface area (Å²) in [5, 5.41) is 69.9. The lowest BCUT2D eigenvalue weighted by molar-refractivity contribution is -0.274. The minimum atomic E-state index is -2.02. The maximum absolute atomic E-state index is 12.7. The van der Waals surface area contributed by atoms with E-state index in [0.717, 1.165) is 24.3 Å². The van der Waals surface area contributed by atoms with Gasteiger partial charge in [-0.05, 0) is 48.0 Å². The fourth-order valence-corrected chi connectivity index (χ4v) is 4.46. The SMILES string of the molecule is O=C(C=Cc1ccc(O)c(O)c1)O[C@H]1[C@@H](O)[C@H](O)[C@@H](Oc2cc(O)c3c(=O)cc(-c4ccc(O)cc4)oc3c2)O[C@@H]1C(=O)O. The van der Waals surface area contributed by atoms with Crippen LogP contribution < -0.4 is 10.2 Å². The molecule has 0 bridgehead atoms. The smallest absolute Gasteiger partial charge is 0.337 e. The second-order valence-electron chi connectivity index (χ2n) is 9.68. The summed E-state index contributed by atoms with van der Waals surface area (Å²) in [5.74, 6) is -4.35. The highest BCUT2D eigenvalue weighted by molar-refractivity contribution is 5.88. The topological polar surface area (TPSA) is 234 Å². The van der Waals surface area contributed by atoms with Gasteiger partial charge >= 0.3 is 11.9 Å². The normalized spacial score (nSPS) is 21.7. The van der Waals surface area contributed by atoms with Gasteiger partial charge in [-0.15, -0.1) is 0 Å². The van der Waals surface area contributed by atoms with Gasteiger partial charge < -0.3 is 54.4 Å². The molecule has 5 rings (SSSR count). The van der Waals surface area contributed by atoms with Gasteiger partial charge in [-0.1, -0.05) is 6.07 Å². The third-order valence-corrected chi connectivity index (χ3v) is 6.64. The molecule has 1 saturated heterocycles. The molecule has 44 heavy (non-hydrogen) atoms. The number of aliphatic carboxylic acids is 1. The van der Waals surface area contributed by atoms with Crippen molar-refractivity contribution in [2.24, 2.45) is 0 Å². The zero-order valence-corrected chi connectivity index (χ0v) is 22.3. The quantitative estimate of drug-likeness (QED) is 0.0901. The van der Waals surface area contributed by atoms with E-state index in [0.29, 0.717) is 5.56 Å². The van der Waals surface area contributed by atoms with Crippen LogP contribution in [0.2, 0.25) is 0 Å². The minimum absolute atomic E-state index is 0.0122. The number of hydrogen-bond acceptors (Lipinski definition) is 13. The highest BCUT2D eigenvalue weighted by Crippen LogP contribution is 2.34. The van der Waals surface area contributed by atoms with E-state index in [-0.39, 0.29) is 39.5 Å². The van der Waals surface area contributed by atoms with Gasteiger partial charge in [0, 0.05) is 29.8 Å². The van der Waals surface area contributed by atoms with Crippen molar-refractivity contribution in [3.63, 3.8) is 0 Å². The molecule has 228 valence electrons. The van der Waals surface area contributed by atoms with Crippen molar-refractivity contribution in [2.45, 2.75) is 30.7 Å². The fraction of sp³-hybridized carbons (Fsp3) is 0.167. The van der Waals surface area contributed by atoms with Crippen molar-refractivity contribution in [3.05, 3.63) is 82.5 Å². The average Bonchev–Trinajstić information content (AvgIpc) is 2.97. The number of benzene rings is 3. The lowest BCUT2D eigenvalue weighted by atomic mass is 9.98. The number of phenolic OH excluding ortho intramolecular Hbond substituents is 4. The number of carboxylic acids is 1. The zero-order valence-electron chi connectivity index (χ0n) is 22.3. The van der Waals surface area contributed by atoms with E-state index in [2.05, 4.69) is 0 Å². The molecule has 5 atom stereocenters. The van der Waals surface area contributed by atoms with Crippen LogP contribution in [-0.4, -0.2) is 78.4 Å². The zero-order chi connectivity index (χ0) is 31.7. The van der Waals surface area contributed by atoms with Crippen molar-refractivity contribution < 1.29 is 64.0 Å². The van der Waals surface area contributed by atoms with Crippen LogP contribution in [0.3, 0.4) is 0 Å². The van der Waals surface area contributed by atoms with E-state index in [9.17, 15) is 50.1 Å². The van der Waals surface area contributed by atoms with Gasteiger partial charge in [-0.25, -0.2) is 9.59 Å². The van der Waals surface area contributed by atoms with Crippen molar-refractivity contribution in [2.75, 3.05) is 0 Å². The van der Waals surface area contributed by atoms with Gasteiger partial charge in [0.05, 0.1) is 0 Å². The Balaban J connectivity index is 1.36. The number of carboxylic acid groups (broad SMARTS) is 1. The summed E-state index contributed by atoms with van der Waals surface area (Å²) in [4.78, 5) is 37.1. The van der Waals surface area contributed by atoms with Crippen molar-refractivity contribution in [1.82, 2.24) is 0 Å². The summed E-state index contributed by atoms with van der Waals surface area (Å²) in [7, 11) is 0. The summed E-state index contributed by atoms with van der Waals surface area (Å²) in [6.45, 7) is 0. The molecule has 1 aliphatic rings. The molecule has 7 N–H and O–H groups in total. The van der Waals surface area contributed by atoms with Gasteiger partial charge in [0.2, 0.25) is 6.29 Å².